The van der Waals surface area contributed by atoms with Gasteiger partial charge in [0.05, 0.1) is 22.9 Å². The molecule has 2 aromatic rings. The van der Waals surface area contributed by atoms with Crippen LogP contribution < -0.4 is 5.73 Å². The molecule has 4 heteroatoms. The molecule has 3 rings (SSSR count). The largest absolute Gasteiger partial charge is 0.393 e. The Hall–Kier alpha value is -1.39. The summed E-state index contributed by atoms with van der Waals surface area (Å²) in [6.07, 6.45) is 0.978. The zero-order chi connectivity index (χ0) is 11.3. The highest BCUT2D eigenvalue weighted by atomic mass is 16.3. The summed E-state index contributed by atoms with van der Waals surface area (Å²) in [4.78, 5) is 0. The van der Waals surface area contributed by atoms with Crippen LogP contribution in [0.15, 0.2) is 24.3 Å². The molecular weight excluding hydrogens is 202 g/mol. The van der Waals surface area contributed by atoms with Gasteiger partial charge < -0.3 is 10.8 Å². The van der Waals surface area contributed by atoms with Gasteiger partial charge in [-0.2, -0.15) is 5.10 Å². The number of aromatic nitrogens is 2. The molecule has 1 aliphatic carbocycles. The van der Waals surface area contributed by atoms with E-state index >= 15 is 0 Å². The van der Waals surface area contributed by atoms with E-state index in [1.54, 1.807) is 0 Å². The monoisotopic (exact) mass is 217 g/mol. The maximum absolute atomic E-state index is 9.44. The summed E-state index contributed by atoms with van der Waals surface area (Å²) in [6.45, 7) is 0. The molecular formula is C12H15N3O. The molecule has 0 spiro atoms. The van der Waals surface area contributed by atoms with Crippen LogP contribution in [0.5, 0.6) is 0 Å². The summed E-state index contributed by atoms with van der Waals surface area (Å²) in [5.41, 5.74) is 7.89. The number of nitrogens with zero attached hydrogens (tertiary/aromatic N) is 2. The second-order valence-electron chi connectivity index (χ2n) is 4.71. The fourth-order valence-electron chi connectivity index (χ4n) is 2.71. The second kappa shape index (κ2) is 3.06. The van der Waals surface area contributed by atoms with Crippen molar-refractivity contribution in [3.05, 3.63) is 30.0 Å². The molecule has 1 aromatic carbocycles. The van der Waals surface area contributed by atoms with Gasteiger partial charge in [0.25, 0.3) is 0 Å². The number of fused-ring (bicyclic) bond motifs is 1. The van der Waals surface area contributed by atoms with Crippen molar-refractivity contribution in [3.8, 4) is 0 Å². The Balaban J connectivity index is 2.19. The van der Waals surface area contributed by atoms with Gasteiger partial charge in [-0.15, -0.1) is 0 Å². The third-order valence-corrected chi connectivity index (χ3v) is 3.41. The smallest absolute Gasteiger partial charge is 0.0926 e. The minimum Gasteiger partial charge on any atom is -0.393 e. The molecule has 0 aliphatic heterocycles. The number of benzene rings is 1. The number of hydrogen-bond acceptors (Lipinski definition) is 3. The average molecular weight is 217 g/mol. The maximum atomic E-state index is 9.44. The fraction of sp³-hybridized carbons (Fsp3) is 0.417. The maximum Gasteiger partial charge on any atom is 0.0926 e. The highest BCUT2D eigenvalue weighted by molar-refractivity contribution is 5.82. The number of aliphatic hydroxyl groups excluding tert-OH is 1. The molecule has 1 aliphatic rings. The molecule has 4 nitrogen and oxygen atoms in total. The van der Waals surface area contributed by atoms with Crippen LogP contribution in [0.2, 0.25) is 0 Å². The first kappa shape index (κ1) is 9.81. The Bertz CT molecular complexity index is 540. The molecule has 3 N–H and O–H groups in total. The zero-order valence-corrected chi connectivity index (χ0v) is 9.22. The first-order valence-corrected chi connectivity index (χ1v) is 5.49. The molecule has 84 valence electrons. The van der Waals surface area contributed by atoms with Gasteiger partial charge in [-0.3, -0.25) is 4.68 Å². The molecule has 16 heavy (non-hydrogen) atoms. The van der Waals surface area contributed by atoms with Gasteiger partial charge in [-0.1, -0.05) is 18.2 Å². The molecule has 0 atom stereocenters. The summed E-state index contributed by atoms with van der Waals surface area (Å²) in [6, 6.07) is 7.98. The van der Waals surface area contributed by atoms with Crippen LogP contribution in [-0.2, 0) is 12.6 Å². The van der Waals surface area contributed by atoms with Crippen molar-refractivity contribution in [3.63, 3.8) is 0 Å². The SMILES string of the molecule is Cn1nc2ccccc2c1C1(N)CC(O)C1. The van der Waals surface area contributed by atoms with Gasteiger partial charge >= 0.3 is 0 Å². The van der Waals surface area contributed by atoms with Crippen molar-refractivity contribution in [2.45, 2.75) is 24.5 Å². The molecule has 0 unspecified atom stereocenters. The van der Waals surface area contributed by atoms with Crippen molar-refractivity contribution >= 4 is 10.9 Å². The van der Waals surface area contributed by atoms with Crippen LogP contribution in [0.25, 0.3) is 10.9 Å². The molecule has 1 heterocycles. The third-order valence-electron chi connectivity index (χ3n) is 3.41. The van der Waals surface area contributed by atoms with Crippen LogP contribution in [0.3, 0.4) is 0 Å². The summed E-state index contributed by atoms with van der Waals surface area (Å²) < 4.78 is 1.84. The van der Waals surface area contributed by atoms with E-state index in [0.29, 0.717) is 12.8 Å². The Morgan fingerprint density at radius 2 is 2.12 bits per heavy atom. The minimum atomic E-state index is -0.412. The third kappa shape index (κ3) is 1.20. The van der Waals surface area contributed by atoms with Crippen LogP contribution >= 0.6 is 0 Å². The van der Waals surface area contributed by atoms with Gasteiger partial charge in [0.15, 0.2) is 0 Å². The fourth-order valence-corrected chi connectivity index (χ4v) is 2.71. The lowest BCUT2D eigenvalue weighted by Crippen LogP contribution is -2.52. The van der Waals surface area contributed by atoms with Gasteiger partial charge in [0.2, 0.25) is 0 Å². The number of rotatable bonds is 1. The topological polar surface area (TPSA) is 64.1 Å². The Morgan fingerprint density at radius 1 is 1.44 bits per heavy atom. The molecule has 1 saturated carbocycles. The molecule has 0 amide bonds. The molecule has 1 fully saturated rings. The van der Waals surface area contributed by atoms with Crippen molar-refractivity contribution in [2.24, 2.45) is 12.8 Å². The van der Waals surface area contributed by atoms with E-state index in [2.05, 4.69) is 5.10 Å². The lowest BCUT2D eigenvalue weighted by Gasteiger charge is -2.42. The van der Waals surface area contributed by atoms with E-state index in [1.165, 1.54) is 0 Å². The van der Waals surface area contributed by atoms with Crippen LogP contribution in [0.1, 0.15) is 18.5 Å². The Labute approximate surface area is 93.7 Å². The van der Waals surface area contributed by atoms with E-state index in [0.717, 1.165) is 16.6 Å². The predicted molar refractivity (Wildman–Crippen MR) is 61.8 cm³/mol. The zero-order valence-electron chi connectivity index (χ0n) is 9.22. The van der Waals surface area contributed by atoms with Gasteiger partial charge in [-0.25, -0.2) is 0 Å². The molecule has 0 radical (unpaired) electrons. The standard InChI is InChI=1S/C12H15N3O/c1-15-11(12(13)6-8(16)7-12)9-4-2-3-5-10(9)14-15/h2-5,8,16H,6-7,13H2,1H3. The van der Waals surface area contributed by atoms with E-state index < -0.39 is 5.54 Å². The van der Waals surface area contributed by atoms with Crippen molar-refractivity contribution in [1.82, 2.24) is 9.78 Å². The van der Waals surface area contributed by atoms with Gasteiger partial charge in [0, 0.05) is 12.4 Å². The quantitative estimate of drug-likeness (QED) is 0.745. The number of nitrogens with two attached hydrogens (primary N) is 1. The average Bonchev–Trinajstić information content (AvgIpc) is 2.51. The van der Waals surface area contributed by atoms with E-state index in [-0.39, 0.29) is 6.10 Å². The van der Waals surface area contributed by atoms with Crippen LogP contribution in [0.4, 0.5) is 0 Å². The summed E-state index contributed by atoms with van der Waals surface area (Å²) >= 11 is 0. The molecule has 0 bridgehead atoms. The first-order chi connectivity index (χ1) is 7.60. The van der Waals surface area contributed by atoms with E-state index in [9.17, 15) is 5.11 Å². The van der Waals surface area contributed by atoms with Crippen molar-refractivity contribution in [1.29, 1.82) is 0 Å². The van der Waals surface area contributed by atoms with E-state index in [1.807, 2.05) is 36.0 Å². The predicted octanol–water partition coefficient (Wildman–Crippen LogP) is 0.882. The number of aliphatic hydroxyl groups is 1. The van der Waals surface area contributed by atoms with E-state index in [4.69, 9.17) is 5.73 Å². The number of aryl methyl sites for hydroxylation is 1. The molecule has 0 saturated heterocycles. The van der Waals surface area contributed by atoms with Crippen LogP contribution in [0, 0.1) is 0 Å². The lowest BCUT2D eigenvalue weighted by atomic mass is 9.72. The summed E-state index contributed by atoms with van der Waals surface area (Å²) in [5.74, 6) is 0. The summed E-state index contributed by atoms with van der Waals surface area (Å²) in [5, 5.41) is 15.0. The summed E-state index contributed by atoms with van der Waals surface area (Å²) in [7, 11) is 1.91. The molecule has 1 aromatic heterocycles. The normalized spacial score (nSPS) is 29.3. The highest BCUT2D eigenvalue weighted by Gasteiger charge is 2.44. The van der Waals surface area contributed by atoms with Crippen LogP contribution in [-0.4, -0.2) is 21.0 Å². The Morgan fingerprint density at radius 3 is 2.81 bits per heavy atom. The minimum absolute atomic E-state index is 0.265. The highest BCUT2D eigenvalue weighted by Crippen LogP contribution is 2.41. The number of hydrogen-bond donors (Lipinski definition) is 2. The second-order valence-corrected chi connectivity index (χ2v) is 4.71. The lowest BCUT2D eigenvalue weighted by molar-refractivity contribution is 0.0177. The van der Waals surface area contributed by atoms with Crippen molar-refractivity contribution in [2.75, 3.05) is 0 Å². The Kier molecular flexibility index (Phi) is 1.87. The van der Waals surface area contributed by atoms with Gasteiger partial charge in [-0.05, 0) is 18.9 Å². The first-order valence-electron chi connectivity index (χ1n) is 5.49. The van der Waals surface area contributed by atoms with Gasteiger partial charge in [0.1, 0.15) is 0 Å². The van der Waals surface area contributed by atoms with Crippen molar-refractivity contribution < 1.29 is 5.11 Å².